The molecule has 1 amide bonds. The lowest BCUT2D eigenvalue weighted by molar-refractivity contribution is -0.991. The minimum Gasteiger partial charge on any atom is -0.595 e. The molecule has 1 unspecified atom stereocenters. The van der Waals surface area contributed by atoms with Crippen LogP contribution < -0.4 is 15.3 Å². The van der Waals surface area contributed by atoms with Crippen molar-refractivity contribution in [1.82, 2.24) is 5.32 Å². The van der Waals surface area contributed by atoms with Crippen molar-refractivity contribution in [3.8, 4) is 5.75 Å². The molecular weight excluding hydrogens is 338 g/mol. The quantitative estimate of drug-likeness (QED) is 0.577. The SMILES string of the molecule is CC(NC(=O)Oc1ccc([NH+]([O-])O)cc1)(C(F)(F)F)C(F)(F)F. The van der Waals surface area contributed by atoms with Crippen molar-refractivity contribution in [2.24, 2.45) is 0 Å². The van der Waals surface area contributed by atoms with Crippen LogP contribution in [0.25, 0.3) is 0 Å². The van der Waals surface area contributed by atoms with Crippen LogP contribution in [-0.4, -0.2) is 29.2 Å². The number of carbonyl (C=O) groups excluding carboxylic acids is 1. The van der Waals surface area contributed by atoms with E-state index in [2.05, 4.69) is 4.74 Å². The van der Waals surface area contributed by atoms with Gasteiger partial charge < -0.3 is 9.94 Å². The Balaban J connectivity index is 2.89. The molecule has 0 aliphatic carbocycles. The third-order valence-electron chi connectivity index (χ3n) is 2.80. The maximum Gasteiger partial charge on any atom is 0.420 e. The fourth-order valence-corrected chi connectivity index (χ4v) is 1.30. The zero-order valence-electron chi connectivity index (χ0n) is 11.2. The van der Waals surface area contributed by atoms with E-state index in [0.717, 1.165) is 29.6 Å². The van der Waals surface area contributed by atoms with Crippen molar-refractivity contribution in [2.75, 3.05) is 0 Å². The number of nitrogens with one attached hydrogen (secondary N) is 2. The second-order valence-corrected chi connectivity index (χ2v) is 4.46. The van der Waals surface area contributed by atoms with Gasteiger partial charge in [0.1, 0.15) is 5.75 Å². The third kappa shape index (κ3) is 4.24. The maximum absolute atomic E-state index is 12.6. The summed E-state index contributed by atoms with van der Waals surface area (Å²) in [7, 11) is 0. The van der Waals surface area contributed by atoms with Crippen molar-refractivity contribution < 1.29 is 46.3 Å². The van der Waals surface area contributed by atoms with E-state index in [1.165, 1.54) is 0 Å². The molecule has 12 heteroatoms. The summed E-state index contributed by atoms with van der Waals surface area (Å²) in [6, 6.07) is 3.72. The maximum atomic E-state index is 12.6. The van der Waals surface area contributed by atoms with Crippen molar-refractivity contribution in [3.05, 3.63) is 29.5 Å². The van der Waals surface area contributed by atoms with Crippen molar-refractivity contribution >= 4 is 11.8 Å². The Morgan fingerprint density at radius 3 is 1.91 bits per heavy atom. The van der Waals surface area contributed by atoms with Gasteiger partial charge in [0.05, 0.1) is 0 Å². The molecule has 0 saturated heterocycles. The summed E-state index contributed by atoms with van der Waals surface area (Å²) in [4.78, 5) is 11.3. The highest BCUT2D eigenvalue weighted by Gasteiger charge is 2.69. The zero-order chi connectivity index (χ0) is 18.1. The Hall–Kier alpha value is -2.05. The van der Waals surface area contributed by atoms with Gasteiger partial charge in [-0.25, -0.2) is 10.0 Å². The minimum absolute atomic E-state index is 0.215. The highest BCUT2D eigenvalue weighted by Crippen LogP contribution is 2.42. The first kappa shape index (κ1) is 19.0. The standard InChI is InChI=1S/C11H10F6N2O4/c1-9(10(12,13)14,11(15,16)17)18-8(20)23-7-4-2-6(3-5-7)19(21)22/h2-5,19,21H,1H3,(H,18,20). The Morgan fingerprint density at radius 2 is 1.57 bits per heavy atom. The molecule has 0 spiro atoms. The van der Waals surface area contributed by atoms with E-state index >= 15 is 0 Å². The number of quaternary nitrogens is 1. The third-order valence-corrected chi connectivity index (χ3v) is 2.80. The average Bonchev–Trinajstić information content (AvgIpc) is 2.36. The highest BCUT2D eigenvalue weighted by atomic mass is 19.4. The molecule has 0 saturated carbocycles. The Bertz CT molecular complexity index is 541. The number of hydrogen-bond donors (Lipinski definition) is 3. The predicted molar refractivity (Wildman–Crippen MR) is 61.9 cm³/mol. The van der Waals surface area contributed by atoms with Gasteiger partial charge in [-0.3, -0.25) is 5.32 Å². The van der Waals surface area contributed by atoms with E-state index in [1.807, 2.05) is 0 Å². The normalized spacial score (nSPS) is 14.3. The van der Waals surface area contributed by atoms with E-state index < -0.39 is 35.0 Å². The van der Waals surface area contributed by atoms with E-state index in [-0.39, 0.29) is 12.6 Å². The van der Waals surface area contributed by atoms with Gasteiger partial charge in [0.25, 0.3) is 0 Å². The summed E-state index contributed by atoms with van der Waals surface area (Å²) in [5.74, 6) is -0.431. The molecule has 0 aliphatic heterocycles. The van der Waals surface area contributed by atoms with Crippen LogP contribution in [0.3, 0.4) is 0 Å². The van der Waals surface area contributed by atoms with Crippen LogP contribution in [0, 0.1) is 5.21 Å². The van der Waals surface area contributed by atoms with Gasteiger partial charge >= 0.3 is 18.4 Å². The molecular formula is C11H10F6N2O4. The average molecular weight is 348 g/mol. The van der Waals surface area contributed by atoms with Gasteiger partial charge in [-0.05, 0) is 19.1 Å². The van der Waals surface area contributed by atoms with Gasteiger partial charge in [-0.15, -0.1) is 0 Å². The van der Waals surface area contributed by atoms with Crippen LogP contribution in [0.2, 0.25) is 0 Å². The molecule has 0 heterocycles. The van der Waals surface area contributed by atoms with Gasteiger partial charge in [0, 0.05) is 12.1 Å². The van der Waals surface area contributed by atoms with E-state index in [0.29, 0.717) is 0 Å². The van der Waals surface area contributed by atoms with E-state index in [4.69, 9.17) is 5.21 Å². The molecule has 0 fully saturated rings. The lowest BCUT2D eigenvalue weighted by Crippen LogP contribution is -2.99. The van der Waals surface area contributed by atoms with Gasteiger partial charge in [0.15, 0.2) is 5.69 Å². The van der Waals surface area contributed by atoms with Crippen LogP contribution in [0.5, 0.6) is 5.75 Å². The topological polar surface area (TPSA) is 86.1 Å². The number of ether oxygens (including phenoxy) is 1. The molecule has 1 rings (SSSR count). The Kier molecular flexibility index (Phi) is 5.13. The van der Waals surface area contributed by atoms with Gasteiger partial charge in [0.2, 0.25) is 5.54 Å². The number of amides is 1. The summed E-state index contributed by atoms with van der Waals surface area (Å²) in [5, 5.41) is 18.6. The first-order valence-electron chi connectivity index (χ1n) is 5.75. The number of halogens is 6. The number of benzene rings is 1. The first-order chi connectivity index (χ1) is 10.3. The van der Waals surface area contributed by atoms with Crippen LogP contribution in [0.1, 0.15) is 6.92 Å². The second kappa shape index (κ2) is 6.22. The largest absolute Gasteiger partial charge is 0.595 e. The molecule has 1 aromatic rings. The molecule has 1 atom stereocenters. The summed E-state index contributed by atoms with van der Waals surface area (Å²) in [6.45, 7) is -0.248. The molecule has 130 valence electrons. The summed E-state index contributed by atoms with van der Waals surface area (Å²) >= 11 is 0. The predicted octanol–water partition coefficient (Wildman–Crippen LogP) is 2.06. The fraction of sp³-hybridized carbons (Fsp3) is 0.364. The fourth-order valence-electron chi connectivity index (χ4n) is 1.30. The molecule has 0 radical (unpaired) electrons. The molecule has 0 aromatic heterocycles. The van der Waals surface area contributed by atoms with Crippen LogP contribution in [0.15, 0.2) is 24.3 Å². The summed E-state index contributed by atoms with van der Waals surface area (Å²) < 4.78 is 79.8. The van der Waals surface area contributed by atoms with E-state index in [1.54, 1.807) is 0 Å². The zero-order valence-corrected chi connectivity index (χ0v) is 11.2. The molecule has 23 heavy (non-hydrogen) atoms. The summed E-state index contributed by atoms with van der Waals surface area (Å²) in [6.07, 6.45) is -13.6. The number of alkyl halides is 6. The molecule has 0 aliphatic rings. The molecule has 1 aromatic carbocycles. The van der Waals surface area contributed by atoms with Gasteiger partial charge in [-0.2, -0.15) is 31.6 Å². The first-order valence-corrected chi connectivity index (χ1v) is 5.75. The van der Waals surface area contributed by atoms with Crippen LogP contribution in [-0.2, 0) is 0 Å². The Labute approximate surface area is 124 Å². The smallest absolute Gasteiger partial charge is 0.420 e. The lowest BCUT2D eigenvalue weighted by atomic mass is 10.0. The van der Waals surface area contributed by atoms with Crippen molar-refractivity contribution in [1.29, 1.82) is 0 Å². The van der Waals surface area contributed by atoms with Crippen molar-refractivity contribution in [2.45, 2.75) is 24.8 Å². The molecule has 6 nitrogen and oxygen atoms in total. The number of hydrogen-bond acceptors (Lipinski definition) is 4. The molecule has 0 bridgehead atoms. The number of carbonyl (C=O) groups is 1. The van der Waals surface area contributed by atoms with E-state index in [9.17, 15) is 36.3 Å². The second-order valence-electron chi connectivity index (χ2n) is 4.46. The Morgan fingerprint density at radius 1 is 1.13 bits per heavy atom. The molecule has 3 N–H and O–H groups in total. The lowest BCUT2D eigenvalue weighted by Gasteiger charge is -2.33. The van der Waals surface area contributed by atoms with Gasteiger partial charge in [-0.1, -0.05) is 0 Å². The van der Waals surface area contributed by atoms with Crippen LogP contribution >= 0.6 is 0 Å². The highest BCUT2D eigenvalue weighted by molar-refractivity contribution is 5.71. The summed E-state index contributed by atoms with van der Waals surface area (Å²) in [5.41, 5.74) is -4.72. The van der Waals surface area contributed by atoms with Crippen LogP contribution in [0.4, 0.5) is 36.8 Å². The van der Waals surface area contributed by atoms with Crippen molar-refractivity contribution in [3.63, 3.8) is 0 Å². The number of rotatable bonds is 3. The minimum atomic E-state index is -5.81. The monoisotopic (exact) mass is 348 g/mol.